The smallest absolute Gasteiger partial charge is 0.327 e. The highest BCUT2D eigenvalue weighted by molar-refractivity contribution is 7.99. The summed E-state index contributed by atoms with van der Waals surface area (Å²) in [5, 5.41) is 5.57. The van der Waals surface area contributed by atoms with E-state index in [0.717, 1.165) is 34.0 Å². The number of amides is 1. The van der Waals surface area contributed by atoms with E-state index >= 15 is 0 Å². The summed E-state index contributed by atoms with van der Waals surface area (Å²) < 4.78 is 26.4. The lowest BCUT2D eigenvalue weighted by Gasteiger charge is -2.10. The predicted molar refractivity (Wildman–Crippen MR) is 129 cm³/mol. The molecule has 2 aromatic rings. The van der Waals surface area contributed by atoms with Gasteiger partial charge in [0.25, 0.3) is 0 Å². The van der Waals surface area contributed by atoms with Crippen LogP contribution in [0.3, 0.4) is 0 Å². The van der Waals surface area contributed by atoms with E-state index in [2.05, 4.69) is 30.7 Å². The van der Waals surface area contributed by atoms with E-state index in [0.29, 0.717) is 5.69 Å². The van der Waals surface area contributed by atoms with Crippen LogP contribution in [0.4, 0.5) is 14.5 Å². The molecule has 0 aliphatic heterocycles. The Bertz CT molecular complexity index is 924. The van der Waals surface area contributed by atoms with Gasteiger partial charge in [-0.05, 0) is 47.7 Å². The molecule has 4 nitrogen and oxygen atoms in total. The first-order valence-corrected chi connectivity index (χ1v) is 10.9. The van der Waals surface area contributed by atoms with E-state index in [9.17, 15) is 18.4 Å². The number of thioether (sulfide) groups is 1. The second-order valence-corrected chi connectivity index (χ2v) is 7.77. The maximum atomic E-state index is 13.2. The number of hydrogen-bond acceptors (Lipinski definition) is 4. The fraction of sp³-hybridized carbons (Fsp3) is 0.200. The Kier molecular flexibility index (Phi) is 11.7. The third-order valence-corrected chi connectivity index (χ3v) is 5.00. The molecule has 0 atom stereocenters. The summed E-state index contributed by atoms with van der Waals surface area (Å²) in [6, 6.07) is 12.7. The fourth-order valence-corrected chi connectivity index (χ4v) is 3.15. The van der Waals surface area contributed by atoms with Crippen LogP contribution in [-0.4, -0.2) is 25.0 Å². The first kappa shape index (κ1) is 26.8. The summed E-state index contributed by atoms with van der Waals surface area (Å²) >= 11 is 1.72. The Morgan fingerprint density at radius 2 is 1.72 bits per heavy atom. The topological polar surface area (TPSA) is 58.2 Å². The number of benzene rings is 2. The summed E-state index contributed by atoms with van der Waals surface area (Å²) in [6.07, 6.45) is 5.10. The van der Waals surface area contributed by atoms with Gasteiger partial charge in [0.05, 0.1) is 6.42 Å². The van der Waals surface area contributed by atoms with Crippen LogP contribution in [-0.2, 0) is 21.9 Å². The van der Waals surface area contributed by atoms with Crippen molar-refractivity contribution in [2.75, 3.05) is 18.1 Å². The van der Waals surface area contributed by atoms with Crippen molar-refractivity contribution in [2.24, 2.45) is 0 Å². The molecular weight excluding hydrogens is 430 g/mol. The highest BCUT2D eigenvalue weighted by atomic mass is 32.2. The SMILES string of the molecule is C=C/C=C(\C=C)NC.CCSc1ccc(CC(=O)Nc2ccc(C(F)(F)C=O)cc2)cc1. The van der Waals surface area contributed by atoms with Crippen LogP contribution in [0.25, 0.3) is 0 Å². The van der Waals surface area contributed by atoms with E-state index in [-0.39, 0.29) is 12.3 Å². The zero-order chi connectivity index (χ0) is 24.0. The minimum Gasteiger partial charge on any atom is -0.388 e. The van der Waals surface area contributed by atoms with Gasteiger partial charge in [-0.15, -0.1) is 11.8 Å². The van der Waals surface area contributed by atoms with Crippen LogP contribution >= 0.6 is 11.8 Å². The van der Waals surface area contributed by atoms with Crippen molar-refractivity contribution in [1.82, 2.24) is 5.32 Å². The zero-order valence-corrected chi connectivity index (χ0v) is 19.1. The Balaban J connectivity index is 0.000000547. The molecule has 2 aromatic carbocycles. The number of anilines is 1. The van der Waals surface area contributed by atoms with Crippen molar-refractivity contribution in [1.29, 1.82) is 0 Å². The first-order chi connectivity index (χ1) is 15.3. The van der Waals surface area contributed by atoms with E-state index in [1.165, 1.54) is 12.1 Å². The monoisotopic (exact) mass is 458 g/mol. The third-order valence-electron chi connectivity index (χ3n) is 4.11. The van der Waals surface area contributed by atoms with Crippen LogP contribution in [0, 0.1) is 0 Å². The zero-order valence-electron chi connectivity index (χ0n) is 18.2. The molecule has 0 aliphatic carbocycles. The highest BCUT2D eigenvalue weighted by Gasteiger charge is 2.30. The normalized spacial score (nSPS) is 10.9. The van der Waals surface area contributed by atoms with Crippen molar-refractivity contribution in [2.45, 2.75) is 24.2 Å². The number of carbonyl (C=O) groups is 2. The molecule has 7 heteroatoms. The largest absolute Gasteiger partial charge is 0.388 e. The Hall–Kier alpha value is -3.19. The Morgan fingerprint density at radius 1 is 1.09 bits per heavy atom. The number of carbonyl (C=O) groups excluding carboxylic acids is 2. The number of rotatable bonds is 10. The number of halogens is 2. The summed E-state index contributed by atoms with van der Waals surface area (Å²) in [7, 11) is 1.84. The molecule has 0 fully saturated rings. The highest BCUT2D eigenvalue weighted by Crippen LogP contribution is 2.26. The molecule has 32 heavy (non-hydrogen) atoms. The molecule has 2 N–H and O–H groups in total. The van der Waals surface area contributed by atoms with E-state index in [1.54, 1.807) is 23.9 Å². The van der Waals surface area contributed by atoms with Gasteiger partial charge in [-0.1, -0.05) is 50.4 Å². The van der Waals surface area contributed by atoms with Crippen molar-refractivity contribution >= 4 is 29.6 Å². The molecule has 1 amide bonds. The summed E-state index contributed by atoms with van der Waals surface area (Å²) in [4.78, 5) is 23.5. The Morgan fingerprint density at radius 3 is 2.16 bits per heavy atom. The maximum absolute atomic E-state index is 13.2. The number of aldehydes is 1. The average Bonchev–Trinajstić information content (AvgIpc) is 2.79. The fourth-order valence-electron chi connectivity index (χ4n) is 2.48. The molecular formula is C25H28F2N2O2S. The Labute approximate surface area is 192 Å². The molecule has 0 saturated carbocycles. The minimum absolute atomic E-state index is 0.198. The number of hydrogen-bond donors (Lipinski definition) is 2. The van der Waals surface area contributed by atoms with Gasteiger partial charge in [0.1, 0.15) is 0 Å². The quantitative estimate of drug-likeness (QED) is 0.271. The van der Waals surface area contributed by atoms with Crippen molar-refractivity contribution in [3.8, 4) is 0 Å². The number of nitrogens with one attached hydrogen (secondary N) is 2. The van der Waals surface area contributed by atoms with Gasteiger partial charge in [-0.25, -0.2) is 0 Å². The first-order valence-electron chi connectivity index (χ1n) is 9.88. The van der Waals surface area contributed by atoms with Crippen LogP contribution in [0.15, 0.2) is 90.5 Å². The van der Waals surface area contributed by atoms with Crippen LogP contribution in [0.1, 0.15) is 18.1 Å². The minimum atomic E-state index is -3.51. The molecule has 0 spiro atoms. The van der Waals surface area contributed by atoms with Crippen molar-refractivity contribution in [3.05, 3.63) is 96.7 Å². The molecule has 0 saturated heterocycles. The van der Waals surface area contributed by atoms with Gasteiger partial charge in [0.2, 0.25) is 5.91 Å². The standard InChI is InChI=1S/C18H17F2NO2S.C7H11N/c1-2-24-16-9-3-13(4-10-16)11-17(23)21-15-7-5-14(6-8-15)18(19,20)12-22;1-4-6-7(5-2)8-3/h3-10,12H,2,11H2,1H3,(H,21,23);4-6,8H,1-2H2,3H3/b;7-6+. The van der Waals surface area contributed by atoms with Crippen molar-refractivity contribution < 1.29 is 18.4 Å². The summed E-state index contributed by atoms with van der Waals surface area (Å²) in [5.41, 5.74) is 1.86. The van der Waals surface area contributed by atoms with Gasteiger partial charge in [-0.3, -0.25) is 9.59 Å². The van der Waals surface area contributed by atoms with E-state index in [1.807, 2.05) is 37.4 Å². The van der Waals surface area contributed by atoms with Gasteiger partial charge in [-0.2, -0.15) is 8.78 Å². The lowest BCUT2D eigenvalue weighted by atomic mass is 10.1. The molecule has 2 rings (SSSR count). The van der Waals surface area contributed by atoms with E-state index < -0.39 is 17.8 Å². The van der Waals surface area contributed by atoms with Crippen LogP contribution in [0.2, 0.25) is 0 Å². The van der Waals surface area contributed by atoms with Gasteiger partial charge >= 0.3 is 5.92 Å². The number of alkyl halides is 2. The molecule has 0 bridgehead atoms. The number of allylic oxidation sites excluding steroid dienone is 3. The van der Waals surface area contributed by atoms with Crippen molar-refractivity contribution in [3.63, 3.8) is 0 Å². The lowest BCUT2D eigenvalue weighted by molar-refractivity contribution is -0.130. The maximum Gasteiger partial charge on any atom is 0.327 e. The summed E-state index contributed by atoms with van der Waals surface area (Å²) in [5.74, 6) is -2.76. The van der Waals surface area contributed by atoms with Gasteiger partial charge in [0.15, 0.2) is 6.29 Å². The molecule has 0 radical (unpaired) electrons. The van der Waals surface area contributed by atoms with E-state index in [4.69, 9.17) is 0 Å². The molecule has 170 valence electrons. The second kappa shape index (κ2) is 14.0. The lowest BCUT2D eigenvalue weighted by Crippen LogP contribution is -2.16. The molecule has 0 aromatic heterocycles. The van der Waals surface area contributed by atoms with Gasteiger partial charge in [0, 0.05) is 28.9 Å². The van der Waals surface area contributed by atoms with Crippen LogP contribution in [0.5, 0.6) is 0 Å². The third kappa shape index (κ3) is 9.31. The molecule has 0 unspecified atom stereocenters. The average molecular weight is 459 g/mol. The van der Waals surface area contributed by atoms with Crippen LogP contribution < -0.4 is 10.6 Å². The predicted octanol–water partition coefficient (Wildman–Crippen LogP) is 5.73. The summed E-state index contributed by atoms with van der Waals surface area (Å²) in [6.45, 7) is 9.18. The number of likely N-dealkylation sites (N-methyl/N-ethyl adjacent to an activating group) is 1. The second-order valence-electron chi connectivity index (χ2n) is 6.43. The molecule has 0 aliphatic rings. The van der Waals surface area contributed by atoms with Gasteiger partial charge < -0.3 is 10.6 Å². The molecule has 0 heterocycles.